The number of carbonyl (C=O) groups is 4. The SMILES string of the molecule is COC(=O)[C@H](CCNC(=O)C(=O)Nc1ccc(-c2ncco2)cc1)NC(=O)c1ccc(Nc2nc(NC3(c4ccc(Cl)cc4)CC3)nc(OCC(F)(F)F)n2)cc1. The number of amides is 3. The minimum atomic E-state index is -4.64. The molecule has 0 bridgehead atoms. The lowest BCUT2D eigenvalue weighted by molar-refractivity contribution is -0.154. The van der Waals surface area contributed by atoms with Gasteiger partial charge < -0.3 is 40.5 Å². The third-order valence-electron chi connectivity index (χ3n) is 8.42. The summed E-state index contributed by atoms with van der Waals surface area (Å²) in [4.78, 5) is 66.9. The first-order valence-electron chi connectivity index (χ1n) is 17.1. The molecule has 1 atom stereocenters. The summed E-state index contributed by atoms with van der Waals surface area (Å²) in [5.41, 5.74) is 1.81. The van der Waals surface area contributed by atoms with Crippen molar-refractivity contribution < 1.29 is 46.2 Å². The minimum Gasteiger partial charge on any atom is -0.467 e. The number of hydrogen-bond acceptors (Lipinski definition) is 13. The van der Waals surface area contributed by atoms with E-state index >= 15 is 0 Å². The molecule has 1 aliphatic rings. The van der Waals surface area contributed by atoms with Crippen molar-refractivity contribution in [3.05, 3.63) is 101 Å². The first-order chi connectivity index (χ1) is 27.3. The molecule has 2 heterocycles. The first kappa shape index (κ1) is 39.9. The Morgan fingerprint density at radius 2 is 1.58 bits per heavy atom. The standard InChI is InChI=1S/C37H33ClF3N9O7/c1-55-32(54)27(14-17-42-29(52)30(53)44-25-12-4-22(5-13-25)31-43-18-19-56-31)46-28(51)21-2-10-26(11-3-21)45-33-47-34(49-35(48-33)57-20-37(39,40)41)50-36(15-16-36)23-6-8-24(38)9-7-23/h2-13,18-19,27H,14-17,20H2,1H3,(H,42,52)(H,44,53)(H,46,51)(H2,45,47,48,49,50)/t27-/m0/s1. The highest BCUT2D eigenvalue weighted by Gasteiger charge is 2.45. The third kappa shape index (κ3) is 10.9. The second-order valence-corrected chi connectivity index (χ2v) is 13.0. The highest BCUT2D eigenvalue weighted by molar-refractivity contribution is 6.39. The van der Waals surface area contributed by atoms with E-state index in [1.807, 2.05) is 12.1 Å². The molecule has 0 radical (unpaired) electrons. The Hall–Kier alpha value is -6.76. The number of methoxy groups -OCH3 is 1. The molecule has 3 amide bonds. The number of nitrogens with zero attached hydrogens (tertiary/aromatic N) is 4. The van der Waals surface area contributed by atoms with Crippen LogP contribution in [0.4, 0.5) is 36.4 Å². The normalized spacial score (nSPS) is 13.4. The lowest BCUT2D eigenvalue weighted by Crippen LogP contribution is -2.44. The van der Waals surface area contributed by atoms with Gasteiger partial charge in [0.05, 0.1) is 18.8 Å². The molecule has 3 aromatic carbocycles. The van der Waals surface area contributed by atoms with E-state index < -0.39 is 54.1 Å². The van der Waals surface area contributed by atoms with E-state index in [4.69, 9.17) is 25.5 Å². The van der Waals surface area contributed by atoms with Crippen LogP contribution in [-0.2, 0) is 24.7 Å². The molecule has 57 heavy (non-hydrogen) atoms. The molecule has 0 saturated heterocycles. The Morgan fingerprint density at radius 3 is 2.21 bits per heavy atom. The van der Waals surface area contributed by atoms with Crippen LogP contribution in [0.2, 0.25) is 5.02 Å². The van der Waals surface area contributed by atoms with Crippen molar-refractivity contribution in [3.63, 3.8) is 0 Å². The van der Waals surface area contributed by atoms with Gasteiger partial charge in [0.25, 0.3) is 5.91 Å². The monoisotopic (exact) mass is 807 g/mol. The average Bonchev–Trinajstić information content (AvgIpc) is 3.75. The Morgan fingerprint density at radius 1 is 0.895 bits per heavy atom. The summed E-state index contributed by atoms with van der Waals surface area (Å²) < 4.78 is 53.8. The fourth-order valence-electron chi connectivity index (χ4n) is 5.40. The second-order valence-electron chi connectivity index (χ2n) is 12.5. The maximum atomic E-state index is 13.1. The van der Waals surface area contributed by atoms with Crippen LogP contribution in [0.5, 0.6) is 6.01 Å². The summed E-state index contributed by atoms with van der Waals surface area (Å²) in [5.74, 6) is -3.17. The van der Waals surface area contributed by atoms with E-state index in [0.29, 0.717) is 40.7 Å². The van der Waals surface area contributed by atoms with Gasteiger partial charge in [0.1, 0.15) is 12.3 Å². The lowest BCUT2D eigenvalue weighted by Gasteiger charge is -2.19. The van der Waals surface area contributed by atoms with Gasteiger partial charge in [0.15, 0.2) is 6.61 Å². The van der Waals surface area contributed by atoms with Crippen molar-refractivity contribution in [1.82, 2.24) is 30.6 Å². The number of alkyl halides is 3. The summed E-state index contributed by atoms with van der Waals surface area (Å²) >= 11 is 6.03. The summed E-state index contributed by atoms with van der Waals surface area (Å²) in [5, 5.41) is 14.0. The number of rotatable bonds is 15. The first-order valence-corrected chi connectivity index (χ1v) is 17.5. The van der Waals surface area contributed by atoms with Crippen molar-refractivity contribution in [1.29, 1.82) is 0 Å². The summed E-state index contributed by atoms with van der Waals surface area (Å²) in [7, 11) is 1.13. The largest absolute Gasteiger partial charge is 0.467 e. The third-order valence-corrected chi connectivity index (χ3v) is 8.67. The Bertz CT molecular complexity index is 2200. The molecule has 5 aromatic rings. The molecule has 1 saturated carbocycles. The number of esters is 1. The number of ether oxygens (including phenoxy) is 2. The number of oxazole rings is 1. The van der Waals surface area contributed by atoms with Crippen LogP contribution >= 0.6 is 11.6 Å². The van der Waals surface area contributed by atoms with Crippen molar-refractivity contribution >= 4 is 58.6 Å². The number of carbonyl (C=O) groups excluding carboxylic acids is 4. The number of halogens is 4. The molecular weight excluding hydrogens is 775 g/mol. The number of hydrogen-bond donors (Lipinski definition) is 5. The van der Waals surface area contributed by atoms with Crippen LogP contribution in [0.1, 0.15) is 35.2 Å². The quantitative estimate of drug-likeness (QED) is 0.0665. The number of aromatic nitrogens is 4. The van der Waals surface area contributed by atoms with Crippen LogP contribution in [-0.4, -0.2) is 76.1 Å². The fraction of sp³-hybridized carbons (Fsp3) is 0.243. The van der Waals surface area contributed by atoms with Gasteiger partial charge in [-0.2, -0.15) is 28.1 Å². The van der Waals surface area contributed by atoms with Crippen LogP contribution in [0.15, 0.2) is 89.7 Å². The van der Waals surface area contributed by atoms with Gasteiger partial charge in [-0.25, -0.2) is 9.78 Å². The molecule has 2 aromatic heterocycles. The maximum Gasteiger partial charge on any atom is 0.422 e. The topological polar surface area (TPSA) is 212 Å². The second kappa shape index (κ2) is 17.4. The van der Waals surface area contributed by atoms with Gasteiger partial charge in [0.2, 0.25) is 17.8 Å². The molecule has 296 valence electrons. The Balaban J connectivity index is 1.04. The van der Waals surface area contributed by atoms with Gasteiger partial charge in [-0.05, 0) is 85.5 Å². The molecule has 0 spiro atoms. The predicted octanol–water partition coefficient (Wildman–Crippen LogP) is 5.38. The Labute approximate surface area is 326 Å². The van der Waals surface area contributed by atoms with Crippen molar-refractivity contribution in [2.24, 2.45) is 0 Å². The van der Waals surface area contributed by atoms with Crippen LogP contribution < -0.4 is 31.3 Å². The van der Waals surface area contributed by atoms with Gasteiger partial charge in [-0.15, -0.1) is 0 Å². The van der Waals surface area contributed by atoms with E-state index in [9.17, 15) is 32.3 Å². The molecule has 20 heteroatoms. The van der Waals surface area contributed by atoms with Crippen molar-refractivity contribution in [3.8, 4) is 17.5 Å². The van der Waals surface area contributed by atoms with E-state index in [1.165, 1.54) is 36.7 Å². The zero-order valence-corrected chi connectivity index (χ0v) is 30.6. The zero-order chi connectivity index (χ0) is 40.6. The minimum absolute atomic E-state index is 0.0342. The van der Waals surface area contributed by atoms with E-state index in [0.717, 1.165) is 12.7 Å². The van der Waals surface area contributed by atoms with E-state index in [-0.39, 0.29) is 30.4 Å². The fourth-order valence-corrected chi connectivity index (χ4v) is 5.53. The van der Waals surface area contributed by atoms with Crippen molar-refractivity contribution in [2.45, 2.75) is 37.0 Å². The Kier molecular flexibility index (Phi) is 12.2. The summed E-state index contributed by atoms with van der Waals surface area (Å²) in [6.45, 7) is -1.80. The number of benzene rings is 3. The molecular formula is C37H33ClF3N9O7. The summed E-state index contributed by atoms with van der Waals surface area (Å²) in [6, 6.07) is 17.6. The maximum absolute atomic E-state index is 13.1. The number of anilines is 4. The molecule has 16 nitrogen and oxygen atoms in total. The average molecular weight is 808 g/mol. The molecule has 1 aliphatic carbocycles. The van der Waals surface area contributed by atoms with Crippen LogP contribution in [0.3, 0.4) is 0 Å². The van der Waals surface area contributed by atoms with Crippen LogP contribution in [0, 0.1) is 0 Å². The molecule has 6 rings (SSSR count). The molecule has 5 N–H and O–H groups in total. The summed E-state index contributed by atoms with van der Waals surface area (Å²) in [6.07, 6.45) is -0.429. The van der Waals surface area contributed by atoms with E-state index in [2.05, 4.69) is 46.5 Å². The predicted molar refractivity (Wildman–Crippen MR) is 199 cm³/mol. The molecule has 0 aliphatic heterocycles. The number of nitrogens with one attached hydrogen (secondary N) is 5. The van der Waals surface area contributed by atoms with Gasteiger partial charge in [-0.3, -0.25) is 14.4 Å². The highest BCUT2D eigenvalue weighted by Crippen LogP contribution is 2.48. The highest BCUT2D eigenvalue weighted by atomic mass is 35.5. The van der Waals surface area contributed by atoms with Gasteiger partial charge in [0, 0.05) is 34.1 Å². The molecule has 0 unspecified atom stereocenters. The van der Waals surface area contributed by atoms with Gasteiger partial charge >= 0.3 is 30.0 Å². The van der Waals surface area contributed by atoms with Crippen molar-refractivity contribution in [2.75, 3.05) is 36.2 Å². The lowest BCUT2D eigenvalue weighted by atomic mass is 10.1. The smallest absolute Gasteiger partial charge is 0.422 e. The zero-order valence-electron chi connectivity index (χ0n) is 29.9. The van der Waals surface area contributed by atoms with E-state index in [1.54, 1.807) is 36.4 Å². The molecule has 1 fully saturated rings. The van der Waals surface area contributed by atoms with Gasteiger partial charge in [-0.1, -0.05) is 23.7 Å². The van der Waals surface area contributed by atoms with Crippen LogP contribution in [0.25, 0.3) is 11.5 Å².